The number of nitrogens with one attached hydrogen (secondary N) is 1. The highest BCUT2D eigenvalue weighted by Gasteiger charge is 2.12. The lowest BCUT2D eigenvalue weighted by atomic mass is 10.2. The highest BCUT2D eigenvalue weighted by Crippen LogP contribution is 2.20. The van der Waals surface area contributed by atoms with Gasteiger partial charge in [-0.2, -0.15) is 0 Å². The van der Waals surface area contributed by atoms with E-state index in [1.807, 2.05) is 24.3 Å². The van der Waals surface area contributed by atoms with Gasteiger partial charge in [-0.3, -0.25) is 0 Å². The molecule has 5 heteroatoms. The number of anilines is 1. The molecule has 0 bridgehead atoms. The molecule has 3 rings (SSSR count). The molecule has 0 aromatic heterocycles. The number of halogens is 1. The summed E-state index contributed by atoms with van der Waals surface area (Å²) < 4.78 is 0. The van der Waals surface area contributed by atoms with Gasteiger partial charge >= 0.3 is 6.03 Å². The van der Waals surface area contributed by atoms with Gasteiger partial charge in [-0.15, -0.1) is 0 Å². The molecule has 2 aromatic carbocycles. The summed E-state index contributed by atoms with van der Waals surface area (Å²) >= 11 is 5.99. The van der Waals surface area contributed by atoms with Crippen LogP contribution in [0, 0.1) is 0 Å². The van der Waals surface area contributed by atoms with Gasteiger partial charge in [0, 0.05) is 43.9 Å². The zero-order chi connectivity index (χ0) is 17.6. The van der Waals surface area contributed by atoms with Gasteiger partial charge in [0.1, 0.15) is 0 Å². The second-order valence-electron chi connectivity index (χ2n) is 6.51. The van der Waals surface area contributed by atoms with Crippen LogP contribution in [0.15, 0.2) is 48.5 Å². The Bertz CT molecular complexity index is 711. The molecule has 2 amide bonds. The summed E-state index contributed by atoms with van der Waals surface area (Å²) in [5.74, 6) is 0. The van der Waals surface area contributed by atoms with Crippen molar-refractivity contribution in [3.63, 3.8) is 0 Å². The van der Waals surface area contributed by atoms with Crippen LogP contribution in [0.25, 0.3) is 0 Å². The van der Waals surface area contributed by atoms with Crippen molar-refractivity contribution in [3.8, 4) is 0 Å². The number of carbonyl (C=O) groups is 1. The Morgan fingerprint density at radius 1 is 1.12 bits per heavy atom. The second-order valence-corrected chi connectivity index (χ2v) is 6.94. The van der Waals surface area contributed by atoms with E-state index in [-0.39, 0.29) is 6.03 Å². The summed E-state index contributed by atoms with van der Waals surface area (Å²) in [4.78, 5) is 16.3. The number of hydrogen-bond donors (Lipinski definition) is 1. The first-order chi connectivity index (χ1) is 12.1. The molecule has 4 nitrogen and oxygen atoms in total. The van der Waals surface area contributed by atoms with Gasteiger partial charge < -0.3 is 15.1 Å². The SMILES string of the molecule is CN(Cc1cccc(Cl)c1)C(=O)NCc1ccc(N2CCCC2)cc1. The molecule has 1 aliphatic heterocycles. The largest absolute Gasteiger partial charge is 0.372 e. The van der Waals surface area contributed by atoms with Crippen molar-refractivity contribution >= 4 is 23.3 Å². The monoisotopic (exact) mass is 357 g/mol. The first kappa shape index (κ1) is 17.6. The fraction of sp³-hybridized carbons (Fsp3) is 0.350. The minimum Gasteiger partial charge on any atom is -0.372 e. The highest BCUT2D eigenvalue weighted by molar-refractivity contribution is 6.30. The van der Waals surface area contributed by atoms with Crippen LogP contribution in [0.1, 0.15) is 24.0 Å². The van der Waals surface area contributed by atoms with Crippen molar-refractivity contribution in [1.29, 1.82) is 0 Å². The molecule has 0 unspecified atom stereocenters. The van der Waals surface area contributed by atoms with E-state index in [2.05, 4.69) is 34.5 Å². The van der Waals surface area contributed by atoms with Crippen LogP contribution in [0.2, 0.25) is 5.02 Å². The number of benzene rings is 2. The highest BCUT2D eigenvalue weighted by atomic mass is 35.5. The molecule has 0 radical (unpaired) electrons. The van der Waals surface area contributed by atoms with E-state index in [1.54, 1.807) is 11.9 Å². The summed E-state index contributed by atoms with van der Waals surface area (Å²) in [5, 5.41) is 3.65. The topological polar surface area (TPSA) is 35.6 Å². The molecule has 1 fully saturated rings. The van der Waals surface area contributed by atoms with Crippen molar-refractivity contribution in [3.05, 3.63) is 64.7 Å². The Morgan fingerprint density at radius 2 is 1.84 bits per heavy atom. The number of carbonyl (C=O) groups excluding carboxylic acids is 1. The lowest BCUT2D eigenvalue weighted by Crippen LogP contribution is -2.36. The molecule has 1 saturated heterocycles. The second kappa shape index (κ2) is 8.26. The van der Waals surface area contributed by atoms with Gasteiger partial charge in [-0.05, 0) is 48.2 Å². The maximum atomic E-state index is 12.3. The quantitative estimate of drug-likeness (QED) is 0.866. The average molecular weight is 358 g/mol. The Balaban J connectivity index is 1.49. The normalized spacial score (nSPS) is 13.8. The van der Waals surface area contributed by atoms with Crippen LogP contribution >= 0.6 is 11.6 Å². The van der Waals surface area contributed by atoms with E-state index in [1.165, 1.54) is 18.5 Å². The molecular weight excluding hydrogens is 334 g/mol. The average Bonchev–Trinajstić information content (AvgIpc) is 3.14. The van der Waals surface area contributed by atoms with Gasteiger partial charge in [0.25, 0.3) is 0 Å². The predicted octanol–water partition coefficient (Wildman–Crippen LogP) is 4.28. The number of urea groups is 1. The fourth-order valence-electron chi connectivity index (χ4n) is 3.09. The third-order valence-corrected chi connectivity index (χ3v) is 4.74. The van der Waals surface area contributed by atoms with Crippen LogP contribution in [0.3, 0.4) is 0 Å². The van der Waals surface area contributed by atoms with Crippen LogP contribution in [0.4, 0.5) is 10.5 Å². The van der Waals surface area contributed by atoms with Crippen molar-refractivity contribution in [2.75, 3.05) is 25.0 Å². The summed E-state index contributed by atoms with van der Waals surface area (Å²) in [5.41, 5.74) is 3.39. The molecule has 132 valence electrons. The maximum absolute atomic E-state index is 12.3. The third-order valence-electron chi connectivity index (χ3n) is 4.51. The van der Waals surface area contributed by atoms with Crippen molar-refractivity contribution in [2.24, 2.45) is 0 Å². The van der Waals surface area contributed by atoms with E-state index >= 15 is 0 Å². The number of amides is 2. The van der Waals surface area contributed by atoms with Crippen molar-refractivity contribution in [2.45, 2.75) is 25.9 Å². The first-order valence-electron chi connectivity index (χ1n) is 8.69. The molecule has 0 aliphatic carbocycles. The van der Waals surface area contributed by atoms with E-state index in [0.717, 1.165) is 24.2 Å². The lowest BCUT2D eigenvalue weighted by molar-refractivity contribution is 0.206. The van der Waals surface area contributed by atoms with E-state index in [9.17, 15) is 4.79 Å². The fourth-order valence-corrected chi connectivity index (χ4v) is 3.31. The predicted molar refractivity (Wildman–Crippen MR) is 103 cm³/mol. The first-order valence-corrected chi connectivity index (χ1v) is 9.07. The Hall–Kier alpha value is -2.20. The summed E-state index contributed by atoms with van der Waals surface area (Å²) in [6, 6.07) is 15.9. The lowest BCUT2D eigenvalue weighted by Gasteiger charge is -2.19. The number of nitrogens with zero attached hydrogens (tertiary/aromatic N) is 2. The van der Waals surface area contributed by atoms with Crippen LogP contribution in [-0.2, 0) is 13.1 Å². The van der Waals surface area contributed by atoms with E-state index in [4.69, 9.17) is 11.6 Å². The summed E-state index contributed by atoms with van der Waals surface area (Å²) in [6.45, 7) is 3.34. The van der Waals surface area contributed by atoms with E-state index < -0.39 is 0 Å². The molecule has 0 spiro atoms. The smallest absolute Gasteiger partial charge is 0.317 e. The van der Waals surface area contributed by atoms with E-state index in [0.29, 0.717) is 18.1 Å². The number of hydrogen-bond acceptors (Lipinski definition) is 2. The van der Waals surface area contributed by atoms with Crippen LogP contribution in [0.5, 0.6) is 0 Å². The molecule has 1 N–H and O–H groups in total. The van der Waals surface area contributed by atoms with Crippen LogP contribution < -0.4 is 10.2 Å². The summed E-state index contributed by atoms with van der Waals surface area (Å²) in [7, 11) is 1.78. The molecule has 0 saturated carbocycles. The van der Waals surface area contributed by atoms with Gasteiger partial charge in [-0.1, -0.05) is 35.9 Å². The van der Waals surface area contributed by atoms with Crippen LogP contribution in [-0.4, -0.2) is 31.1 Å². The van der Waals surface area contributed by atoms with Crippen molar-refractivity contribution < 1.29 is 4.79 Å². The van der Waals surface area contributed by atoms with Gasteiger partial charge in [-0.25, -0.2) is 4.79 Å². The third kappa shape index (κ3) is 4.89. The Morgan fingerprint density at radius 3 is 2.52 bits per heavy atom. The molecule has 1 heterocycles. The van der Waals surface area contributed by atoms with Gasteiger partial charge in [0.05, 0.1) is 0 Å². The van der Waals surface area contributed by atoms with Gasteiger partial charge in [0.15, 0.2) is 0 Å². The maximum Gasteiger partial charge on any atom is 0.317 e. The Kier molecular flexibility index (Phi) is 5.82. The van der Waals surface area contributed by atoms with Gasteiger partial charge in [0.2, 0.25) is 0 Å². The minimum absolute atomic E-state index is 0.0939. The molecule has 2 aromatic rings. The zero-order valence-corrected chi connectivity index (χ0v) is 15.3. The summed E-state index contributed by atoms with van der Waals surface area (Å²) in [6.07, 6.45) is 2.55. The standard InChI is InChI=1S/C20H24ClN3O/c1-23(15-17-5-4-6-18(21)13-17)20(25)22-14-16-7-9-19(10-8-16)24-11-2-3-12-24/h4-10,13H,2-3,11-12,14-15H2,1H3,(H,22,25). The Labute approximate surface area is 154 Å². The minimum atomic E-state index is -0.0939. The zero-order valence-electron chi connectivity index (χ0n) is 14.5. The molecule has 0 atom stereocenters. The molecular formula is C20H24ClN3O. The molecule has 25 heavy (non-hydrogen) atoms. The number of rotatable bonds is 5. The molecule has 1 aliphatic rings. The van der Waals surface area contributed by atoms with Crippen molar-refractivity contribution in [1.82, 2.24) is 10.2 Å².